The third-order valence-electron chi connectivity index (χ3n) is 12.9. The molecule has 1 saturated heterocycles. The Labute approximate surface area is 426 Å². The summed E-state index contributed by atoms with van der Waals surface area (Å²) in [7, 11) is -8.88. The number of carbonyl (C=O) groups excluding carboxylic acids is 2. The van der Waals surface area contributed by atoms with Gasteiger partial charge in [-0.05, 0) is 80.8 Å². The van der Waals surface area contributed by atoms with E-state index in [9.17, 15) is 71.4 Å². The van der Waals surface area contributed by atoms with Crippen molar-refractivity contribution in [1.29, 1.82) is 0 Å². The quantitative estimate of drug-likeness (QED) is 0.0897. The summed E-state index contributed by atoms with van der Waals surface area (Å²) in [5.74, 6) is -8.27. The monoisotopic (exact) mass is 1120 g/mol. The highest BCUT2D eigenvalue weighted by Crippen LogP contribution is 2.55. The first-order chi connectivity index (χ1) is 34.4. The van der Waals surface area contributed by atoms with Crippen LogP contribution in [0.3, 0.4) is 0 Å². The van der Waals surface area contributed by atoms with Crippen molar-refractivity contribution in [2.75, 3.05) is 23.4 Å². The van der Waals surface area contributed by atoms with Gasteiger partial charge in [-0.1, -0.05) is 37.4 Å². The van der Waals surface area contributed by atoms with E-state index < -0.39 is 166 Å². The van der Waals surface area contributed by atoms with E-state index in [1.807, 2.05) is 0 Å². The van der Waals surface area contributed by atoms with Gasteiger partial charge in [0.15, 0.2) is 21.3 Å². The molecule has 5 aromatic rings. The number of nitrogens with zero attached hydrogens (tertiary/aromatic N) is 7. The van der Waals surface area contributed by atoms with Crippen LogP contribution in [0.25, 0.3) is 22.0 Å². The van der Waals surface area contributed by atoms with Crippen LogP contribution in [-0.4, -0.2) is 105 Å². The molecule has 3 amide bonds. The maximum Gasteiger partial charge on any atom is 0.435 e. The lowest BCUT2D eigenvalue weighted by atomic mass is 9.93. The first-order valence-electron chi connectivity index (χ1n) is 22.3. The summed E-state index contributed by atoms with van der Waals surface area (Å²) >= 11 is 6.66. The Balaban J connectivity index is 1.51. The van der Waals surface area contributed by atoms with Crippen LogP contribution in [0, 0.1) is 29.4 Å². The Morgan fingerprint density at radius 1 is 0.947 bits per heavy atom. The number of benzene rings is 2. The maximum absolute atomic E-state index is 15.8. The van der Waals surface area contributed by atoms with Crippen LogP contribution in [0.4, 0.5) is 54.5 Å². The molecule has 0 radical (unpaired) electrons. The largest absolute Gasteiger partial charge is 0.480 e. The predicted molar refractivity (Wildman–Crippen MR) is 250 cm³/mol. The number of likely N-dealkylation sites (tertiary alicyclic amines) is 1. The van der Waals surface area contributed by atoms with Crippen molar-refractivity contribution < 1.29 is 80.2 Å². The number of sulfonamides is 1. The molecule has 0 spiro atoms. The van der Waals surface area contributed by atoms with Gasteiger partial charge >= 0.3 is 24.4 Å². The number of carboxylic acid groups (broad SMARTS) is 1. The Bertz CT molecular complexity index is 3440. The summed E-state index contributed by atoms with van der Waals surface area (Å²) in [6.07, 6.45) is -9.90. The van der Waals surface area contributed by atoms with Gasteiger partial charge in [-0.2, -0.15) is 49.6 Å². The van der Waals surface area contributed by atoms with Crippen LogP contribution in [0.2, 0.25) is 5.02 Å². The summed E-state index contributed by atoms with van der Waals surface area (Å²) in [5.41, 5.74) is -6.35. The summed E-state index contributed by atoms with van der Waals surface area (Å²) < 4.78 is 199. The number of rotatable bonds is 12. The number of carbonyl (C=O) groups is 3. The molecular weight excluding hydrogens is 1080 g/mol. The molecule has 404 valence electrons. The number of nitrogens with one attached hydrogen (secondary N) is 1. The van der Waals surface area contributed by atoms with Crippen LogP contribution in [-0.2, 0) is 61.1 Å². The highest BCUT2D eigenvalue weighted by molar-refractivity contribution is 7.93. The number of sulfone groups is 1. The number of halogens is 11. The topological polar surface area (TPSA) is 207 Å². The van der Waals surface area contributed by atoms with Gasteiger partial charge in [0.1, 0.15) is 46.9 Å². The van der Waals surface area contributed by atoms with Crippen molar-refractivity contribution in [2.45, 2.75) is 101 Å². The third-order valence-corrected chi connectivity index (χ3v) is 16.2. The highest BCUT2D eigenvalue weighted by atomic mass is 35.5. The molecule has 4 heterocycles. The van der Waals surface area contributed by atoms with E-state index in [2.05, 4.69) is 32.3 Å². The molecule has 16 nitrogen and oxygen atoms in total. The van der Waals surface area contributed by atoms with E-state index in [1.54, 1.807) is 0 Å². The smallest absolute Gasteiger partial charge is 0.435 e. The van der Waals surface area contributed by atoms with Crippen LogP contribution in [0.5, 0.6) is 0 Å². The summed E-state index contributed by atoms with van der Waals surface area (Å²) in [6.45, 7) is 0.885. The van der Waals surface area contributed by atoms with E-state index in [-0.39, 0.29) is 49.9 Å². The Kier molecular flexibility index (Phi) is 14.7. The molecule has 3 aromatic heterocycles. The second kappa shape index (κ2) is 19.6. The second-order valence-corrected chi connectivity index (χ2v) is 23.4. The van der Waals surface area contributed by atoms with Crippen molar-refractivity contribution in [2.24, 2.45) is 5.92 Å². The molecule has 4 atom stereocenters. The molecular formula is C46H43ClF10N8O8S2. The first-order valence-corrected chi connectivity index (χ1v) is 26.4. The lowest BCUT2D eigenvalue weighted by Gasteiger charge is -2.27. The molecule has 1 aliphatic heterocycles. The van der Waals surface area contributed by atoms with Crippen LogP contribution < -0.4 is 9.62 Å². The lowest BCUT2D eigenvalue weighted by Crippen LogP contribution is -2.50. The average Bonchev–Trinajstić information content (AvgIpc) is 4.03. The van der Waals surface area contributed by atoms with Gasteiger partial charge in [0, 0.05) is 41.5 Å². The van der Waals surface area contributed by atoms with E-state index in [0.717, 1.165) is 56.5 Å². The molecule has 0 unspecified atom stereocenters. The number of aromatic nitrogens is 5. The third kappa shape index (κ3) is 11.1. The molecule has 75 heavy (non-hydrogen) atoms. The standard InChI is InChI=1S/C46H43ClF10N8O8S2/c1-22-23(2)45(53,54)39-34(22)38(46(55,56)57)60-63(39)20-33(66)59-31(18-24-16-25(48)19-26(49)17-24)36-28(10-9-27(58-36)13-14-43(3,4)74(5,70)71)29-11-12-30(47)35-37(29)64(21-44(50,51)52)61-40(35)65(75(6,72)73)42(69)62-15-7-8-32(62)41(67)68/h9-12,16-17,19,22-23,31-32H,7-8,15,18,20-21H2,1-6H3,(H,59,66)(H,67,68)/t22-,23+,31-,32-/m0/s1. The van der Waals surface area contributed by atoms with E-state index in [0.29, 0.717) is 17.2 Å². The molecule has 7 rings (SSSR count). The van der Waals surface area contributed by atoms with Crippen LogP contribution in [0.15, 0.2) is 42.5 Å². The number of anilines is 1. The van der Waals surface area contributed by atoms with Gasteiger partial charge in [0.05, 0.1) is 33.9 Å². The van der Waals surface area contributed by atoms with Gasteiger partial charge in [-0.15, -0.1) is 0 Å². The summed E-state index contributed by atoms with van der Waals surface area (Å²) in [4.78, 5) is 45.7. The maximum atomic E-state index is 15.8. The van der Waals surface area contributed by atoms with Crippen LogP contribution in [0.1, 0.15) is 86.4 Å². The second-order valence-electron chi connectivity index (χ2n) is 18.6. The predicted octanol–water partition coefficient (Wildman–Crippen LogP) is 8.36. The Morgan fingerprint density at radius 2 is 1.57 bits per heavy atom. The highest BCUT2D eigenvalue weighted by Gasteiger charge is 2.57. The molecule has 2 aromatic carbocycles. The van der Waals surface area contributed by atoms with Gasteiger partial charge < -0.3 is 15.3 Å². The minimum absolute atomic E-state index is 0.0245. The zero-order valence-electron chi connectivity index (χ0n) is 40.0. The lowest BCUT2D eigenvalue weighted by molar-refractivity contribution is -0.143. The Morgan fingerprint density at radius 3 is 2.15 bits per heavy atom. The van der Waals surface area contributed by atoms with E-state index >= 15 is 8.78 Å². The molecule has 2 N–H and O–H groups in total. The van der Waals surface area contributed by atoms with Crippen LogP contribution >= 0.6 is 11.6 Å². The number of aliphatic carboxylic acids is 1. The van der Waals surface area contributed by atoms with E-state index in [4.69, 9.17) is 11.6 Å². The van der Waals surface area contributed by atoms with Crippen molar-refractivity contribution in [3.63, 3.8) is 0 Å². The summed E-state index contributed by atoms with van der Waals surface area (Å²) in [5, 5.41) is 18.4. The van der Waals surface area contributed by atoms with Gasteiger partial charge in [0.25, 0.3) is 5.92 Å². The average molecular weight is 1130 g/mol. The molecule has 1 aliphatic carbocycles. The van der Waals surface area contributed by atoms with Gasteiger partial charge in [-0.25, -0.2) is 40.2 Å². The minimum Gasteiger partial charge on any atom is -0.480 e. The van der Waals surface area contributed by atoms with Crippen molar-refractivity contribution in [1.82, 2.24) is 34.8 Å². The molecule has 2 aliphatic rings. The van der Waals surface area contributed by atoms with Gasteiger partial charge in [0.2, 0.25) is 15.9 Å². The number of pyridine rings is 1. The van der Waals surface area contributed by atoms with Crippen molar-refractivity contribution >= 4 is 66.1 Å². The Hall–Kier alpha value is -6.47. The molecule has 1 fully saturated rings. The van der Waals surface area contributed by atoms with Crippen molar-refractivity contribution in [3.8, 4) is 23.0 Å². The van der Waals surface area contributed by atoms with E-state index in [1.165, 1.54) is 13.8 Å². The zero-order valence-corrected chi connectivity index (χ0v) is 42.4. The fraction of sp³-hybridized carbons (Fsp3) is 0.435. The fourth-order valence-electron chi connectivity index (χ4n) is 8.93. The number of fused-ring (bicyclic) bond motifs is 2. The summed E-state index contributed by atoms with van der Waals surface area (Å²) in [6, 6.07) is 1.46. The molecule has 29 heteroatoms. The molecule has 0 bridgehead atoms. The van der Waals surface area contributed by atoms with Gasteiger partial charge in [-0.3, -0.25) is 14.2 Å². The minimum atomic E-state index is -5.28. The first kappa shape index (κ1) is 56.3. The normalized spacial score (nSPS) is 18.4. The molecule has 0 saturated carbocycles. The van der Waals surface area contributed by atoms with Crippen molar-refractivity contribution in [3.05, 3.63) is 93.0 Å². The zero-order chi connectivity index (χ0) is 55.9. The number of amides is 3. The fourth-order valence-corrected chi connectivity index (χ4v) is 10.2. The number of carboxylic acids is 1. The SMILES string of the molecule is C[C@@H]1c2c(C(F)(F)F)nn(CC(=O)N[C@@H](Cc3cc(F)cc(F)c3)c3nc(C#CC(C)(C)S(C)(=O)=O)ccc3-c3ccc(Cl)c4c(N(C(=O)N5CCC[C@H]5C(=O)O)S(C)(=O)=O)nn(CC(F)(F)F)c34)c2C(F)(F)[C@@H]1C. The number of alkyl halides is 8. The number of urea groups is 1. The number of hydrogen-bond acceptors (Lipinski definition) is 10. The number of hydrogen-bond donors (Lipinski definition) is 2.